The van der Waals surface area contributed by atoms with Crippen LogP contribution >= 0.6 is 0 Å². The van der Waals surface area contributed by atoms with Crippen molar-refractivity contribution in [2.75, 3.05) is 13.1 Å². The summed E-state index contributed by atoms with van der Waals surface area (Å²) < 4.78 is 0. The number of carbonyl (C=O) groups excluding carboxylic acids is 1. The Labute approximate surface area is 149 Å². The van der Waals surface area contributed by atoms with Gasteiger partial charge in [0, 0.05) is 5.54 Å². The number of nitrogens with zero attached hydrogens (tertiary/aromatic N) is 1. The van der Waals surface area contributed by atoms with Gasteiger partial charge in [0.25, 0.3) is 0 Å². The third-order valence-electron chi connectivity index (χ3n) is 5.42. The fraction of sp³-hybridized carbons (Fsp3) is 0.682. The minimum Gasteiger partial charge on any atom is -0.293 e. The Balaban J connectivity index is 2.79. The average Bonchev–Trinajstić information content (AvgIpc) is 2.58. The lowest BCUT2D eigenvalue weighted by atomic mass is 9.81. The molecule has 0 spiro atoms. The molecular weight excluding hydrogens is 294 g/mol. The highest BCUT2D eigenvalue weighted by Gasteiger charge is 2.33. The predicted octanol–water partition coefficient (Wildman–Crippen LogP) is 5.85. The van der Waals surface area contributed by atoms with Gasteiger partial charge in [0.05, 0.1) is 6.54 Å². The van der Waals surface area contributed by atoms with Crippen molar-refractivity contribution < 1.29 is 4.79 Å². The highest BCUT2D eigenvalue weighted by molar-refractivity contribution is 5.96. The molecule has 0 aliphatic heterocycles. The number of unbranched alkanes of at least 4 members (excludes halogenated alkanes) is 2. The van der Waals surface area contributed by atoms with E-state index in [9.17, 15) is 4.79 Å². The zero-order valence-corrected chi connectivity index (χ0v) is 16.4. The van der Waals surface area contributed by atoms with Crippen molar-refractivity contribution in [3.8, 4) is 0 Å². The lowest BCUT2D eigenvalue weighted by Gasteiger charge is -2.44. The third kappa shape index (κ3) is 6.76. The highest BCUT2D eigenvalue weighted by atomic mass is 16.1. The van der Waals surface area contributed by atoms with Crippen molar-refractivity contribution in [1.29, 1.82) is 0 Å². The molecule has 2 nitrogen and oxygen atoms in total. The van der Waals surface area contributed by atoms with E-state index < -0.39 is 0 Å². The Morgan fingerprint density at radius 2 is 1.79 bits per heavy atom. The Bertz CT molecular complexity index is 466. The third-order valence-corrected chi connectivity index (χ3v) is 5.42. The van der Waals surface area contributed by atoms with Crippen LogP contribution in [0, 0.1) is 0 Å². The van der Waals surface area contributed by atoms with Crippen LogP contribution in [0.4, 0.5) is 0 Å². The predicted molar refractivity (Wildman–Crippen MR) is 105 cm³/mol. The molecule has 24 heavy (non-hydrogen) atoms. The summed E-state index contributed by atoms with van der Waals surface area (Å²) in [6.07, 6.45) is 15.8. The molecule has 1 fully saturated rings. The summed E-state index contributed by atoms with van der Waals surface area (Å²) in [6.45, 7) is 13.9. The highest BCUT2D eigenvalue weighted by Crippen LogP contribution is 2.33. The summed E-state index contributed by atoms with van der Waals surface area (Å²) in [5.74, 6) is 0.256. The van der Waals surface area contributed by atoms with Crippen molar-refractivity contribution in [1.82, 2.24) is 4.90 Å². The topological polar surface area (TPSA) is 20.3 Å². The number of carbonyl (C=O) groups is 1. The lowest BCUT2D eigenvalue weighted by molar-refractivity contribution is -0.118. The molecule has 1 rings (SSSR count). The minimum absolute atomic E-state index is 0.203. The molecule has 0 aromatic carbocycles. The van der Waals surface area contributed by atoms with Gasteiger partial charge in [-0.15, -0.1) is 0 Å². The van der Waals surface area contributed by atoms with Crippen LogP contribution in [0.1, 0.15) is 79.1 Å². The molecule has 0 heterocycles. The van der Waals surface area contributed by atoms with Gasteiger partial charge in [0.2, 0.25) is 0 Å². The summed E-state index contributed by atoms with van der Waals surface area (Å²) in [6, 6.07) is 0. The molecule has 136 valence electrons. The van der Waals surface area contributed by atoms with Gasteiger partial charge >= 0.3 is 0 Å². The van der Waals surface area contributed by atoms with Crippen molar-refractivity contribution >= 4 is 5.78 Å². The first kappa shape index (κ1) is 20.9. The average molecular weight is 332 g/mol. The first-order valence-electron chi connectivity index (χ1n) is 9.69. The number of rotatable bonds is 10. The number of allylic oxidation sites excluding steroid dienone is 4. The SMILES string of the molecule is C=C/C(C)=C\C=C(/C)C(=O)CN(CCCCC)C1(C)CCCCC1. The van der Waals surface area contributed by atoms with E-state index in [1.54, 1.807) is 0 Å². The molecule has 1 saturated carbocycles. The minimum atomic E-state index is 0.203. The molecule has 0 aromatic rings. The summed E-state index contributed by atoms with van der Waals surface area (Å²) in [5.41, 5.74) is 2.13. The summed E-state index contributed by atoms with van der Waals surface area (Å²) in [5, 5.41) is 0. The van der Waals surface area contributed by atoms with Crippen LogP contribution in [-0.2, 0) is 4.79 Å². The van der Waals surface area contributed by atoms with E-state index in [1.165, 1.54) is 51.4 Å². The van der Waals surface area contributed by atoms with Crippen molar-refractivity contribution in [2.45, 2.75) is 84.6 Å². The standard InChI is InChI=1S/C22H37NO/c1-6-8-12-17-23(22(5)15-10-9-11-16-22)18-21(24)20(4)14-13-19(3)7-2/h7,13-14H,2,6,8-12,15-18H2,1,3-5H3/b19-13-,20-14+. The molecular formula is C22H37NO. The van der Waals surface area contributed by atoms with Gasteiger partial charge in [0.1, 0.15) is 0 Å². The van der Waals surface area contributed by atoms with Crippen LogP contribution in [0.2, 0.25) is 0 Å². The van der Waals surface area contributed by atoms with Crippen molar-refractivity contribution in [3.63, 3.8) is 0 Å². The zero-order chi connectivity index (χ0) is 18.0. The first-order valence-corrected chi connectivity index (χ1v) is 9.69. The van der Waals surface area contributed by atoms with Gasteiger partial charge in [-0.3, -0.25) is 9.69 Å². The summed E-state index contributed by atoms with van der Waals surface area (Å²) >= 11 is 0. The molecule has 0 atom stereocenters. The maximum absolute atomic E-state index is 12.7. The van der Waals surface area contributed by atoms with Crippen molar-refractivity contribution in [3.05, 3.63) is 36.0 Å². The number of hydrogen-bond donors (Lipinski definition) is 0. The fourth-order valence-corrected chi connectivity index (χ4v) is 3.44. The Hall–Kier alpha value is -1.15. The molecule has 2 heteroatoms. The van der Waals surface area contributed by atoms with Gasteiger partial charge < -0.3 is 0 Å². The van der Waals surface area contributed by atoms with E-state index in [-0.39, 0.29) is 11.3 Å². The molecule has 0 saturated heterocycles. The van der Waals surface area contributed by atoms with Crippen LogP contribution in [-0.4, -0.2) is 29.3 Å². The molecule has 0 aromatic heterocycles. The van der Waals surface area contributed by atoms with Crippen LogP contribution < -0.4 is 0 Å². The van der Waals surface area contributed by atoms with E-state index >= 15 is 0 Å². The summed E-state index contributed by atoms with van der Waals surface area (Å²) in [7, 11) is 0. The lowest BCUT2D eigenvalue weighted by Crippen LogP contribution is -2.50. The van der Waals surface area contributed by atoms with E-state index in [0.717, 1.165) is 17.7 Å². The normalized spacial score (nSPS) is 18.7. The number of Topliss-reactive ketones (excluding diaryl/α,β-unsaturated/α-hetero) is 1. The Morgan fingerprint density at radius 1 is 1.12 bits per heavy atom. The van der Waals surface area contributed by atoms with E-state index in [0.29, 0.717) is 6.54 Å². The molecule has 1 aliphatic rings. The molecule has 0 bridgehead atoms. The molecule has 0 N–H and O–H groups in total. The second kappa shape index (κ2) is 10.7. The second-order valence-electron chi connectivity index (χ2n) is 7.57. The molecule has 0 unspecified atom stereocenters. The van der Waals surface area contributed by atoms with Crippen LogP contribution in [0.5, 0.6) is 0 Å². The van der Waals surface area contributed by atoms with Gasteiger partial charge in [0.15, 0.2) is 5.78 Å². The van der Waals surface area contributed by atoms with Crippen molar-refractivity contribution in [2.24, 2.45) is 0 Å². The monoisotopic (exact) mass is 331 g/mol. The molecule has 0 amide bonds. The maximum atomic E-state index is 12.7. The largest absolute Gasteiger partial charge is 0.293 e. The number of hydrogen-bond acceptors (Lipinski definition) is 2. The molecule has 0 radical (unpaired) electrons. The van der Waals surface area contributed by atoms with E-state index in [4.69, 9.17) is 0 Å². The quantitative estimate of drug-likeness (QED) is 0.284. The van der Waals surface area contributed by atoms with Gasteiger partial charge in [-0.05, 0) is 52.2 Å². The van der Waals surface area contributed by atoms with Gasteiger partial charge in [-0.25, -0.2) is 0 Å². The second-order valence-corrected chi connectivity index (χ2v) is 7.57. The van der Waals surface area contributed by atoms with Gasteiger partial charge in [-0.1, -0.05) is 69.4 Å². The van der Waals surface area contributed by atoms with Crippen LogP contribution in [0.15, 0.2) is 36.0 Å². The summed E-state index contributed by atoms with van der Waals surface area (Å²) in [4.78, 5) is 15.2. The molecule has 1 aliphatic carbocycles. The van der Waals surface area contributed by atoms with Gasteiger partial charge in [-0.2, -0.15) is 0 Å². The first-order chi connectivity index (χ1) is 11.4. The Morgan fingerprint density at radius 3 is 2.38 bits per heavy atom. The number of ketones is 1. The zero-order valence-electron chi connectivity index (χ0n) is 16.4. The van der Waals surface area contributed by atoms with Crippen LogP contribution in [0.25, 0.3) is 0 Å². The Kier molecular flexibility index (Phi) is 9.28. The van der Waals surface area contributed by atoms with E-state index in [2.05, 4.69) is 25.3 Å². The fourth-order valence-electron chi connectivity index (χ4n) is 3.44. The maximum Gasteiger partial charge on any atom is 0.172 e. The smallest absolute Gasteiger partial charge is 0.172 e. The van der Waals surface area contributed by atoms with E-state index in [1.807, 2.05) is 32.1 Å². The van der Waals surface area contributed by atoms with Crippen LogP contribution in [0.3, 0.4) is 0 Å².